The van der Waals surface area contributed by atoms with Gasteiger partial charge in [0.05, 0.1) is 6.54 Å². The Labute approximate surface area is 132 Å². The Kier molecular flexibility index (Phi) is 4.52. The number of hydrogen-bond acceptors (Lipinski definition) is 2. The molecular formula is C19H22N2O. The van der Waals surface area contributed by atoms with Crippen LogP contribution in [0.2, 0.25) is 0 Å². The molecule has 1 aliphatic rings. The summed E-state index contributed by atoms with van der Waals surface area (Å²) in [5.41, 5.74) is 3.23. The normalized spacial score (nSPS) is 15.0. The number of pyridine rings is 1. The van der Waals surface area contributed by atoms with Crippen molar-refractivity contribution in [1.82, 2.24) is 4.98 Å². The minimum atomic E-state index is 0.178. The highest BCUT2D eigenvalue weighted by molar-refractivity contribution is 5.95. The standard InChI is InChI=1S/C19H22N2O/c1-15-6-4-10-18(12-15)21(14-16-7-5-11-20-13-16)19(22)17-8-2-3-9-17/h4-7,10-13,17H,2-3,8-9,14H2,1H3. The summed E-state index contributed by atoms with van der Waals surface area (Å²) in [6, 6.07) is 12.1. The summed E-state index contributed by atoms with van der Waals surface area (Å²) >= 11 is 0. The Morgan fingerprint density at radius 1 is 1.23 bits per heavy atom. The smallest absolute Gasteiger partial charge is 0.230 e. The average Bonchev–Trinajstić information content (AvgIpc) is 3.07. The maximum Gasteiger partial charge on any atom is 0.230 e. The summed E-state index contributed by atoms with van der Waals surface area (Å²) in [6.45, 7) is 2.65. The molecule has 3 nitrogen and oxygen atoms in total. The van der Waals surface area contributed by atoms with Gasteiger partial charge in [-0.1, -0.05) is 31.0 Å². The number of amides is 1. The summed E-state index contributed by atoms with van der Waals surface area (Å²) in [6.07, 6.45) is 7.99. The van der Waals surface area contributed by atoms with Gasteiger partial charge in [0.2, 0.25) is 5.91 Å². The largest absolute Gasteiger partial charge is 0.308 e. The second-order valence-electron chi connectivity index (χ2n) is 6.11. The van der Waals surface area contributed by atoms with Gasteiger partial charge in [-0.3, -0.25) is 9.78 Å². The molecule has 3 rings (SSSR count). The highest BCUT2D eigenvalue weighted by Gasteiger charge is 2.28. The van der Waals surface area contributed by atoms with Crippen LogP contribution in [0.25, 0.3) is 0 Å². The second kappa shape index (κ2) is 6.73. The molecule has 22 heavy (non-hydrogen) atoms. The van der Waals surface area contributed by atoms with Crippen LogP contribution in [0.15, 0.2) is 48.8 Å². The van der Waals surface area contributed by atoms with E-state index in [1.165, 1.54) is 18.4 Å². The third-order valence-electron chi connectivity index (χ3n) is 4.35. The van der Waals surface area contributed by atoms with Gasteiger partial charge < -0.3 is 4.90 Å². The van der Waals surface area contributed by atoms with Crippen molar-refractivity contribution in [2.24, 2.45) is 5.92 Å². The molecule has 1 aromatic heterocycles. The maximum absolute atomic E-state index is 13.0. The molecule has 1 fully saturated rings. The molecule has 0 unspecified atom stereocenters. The molecule has 0 spiro atoms. The molecule has 1 saturated carbocycles. The molecule has 114 valence electrons. The second-order valence-corrected chi connectivity index (χ2v) is 6.11. The Hall–Kier alpha value is -2.16. The van der Waals surface area contributed by atoms with Crippen molar-refractivity contribution < 1.29 is 4.79 Å². The molecule has 1 aromatic carbocycles. The average molecular weight is 294 g/mol. The Balaban J connectivity index is 1.89. The molecule has 3 heteroatoms. The van der Waals surface area contributed by atoms with Crippen LogP contribution in [0, 0.1) is 12.8 Å². The SMILES string of the molecule is Cc1cccc(N(Cc2cccnc2)C(=O)C2CCCC2)c1. The number of aryl methyl sites for hydroxylation is 1. The van der Waals surface area contributed by atoms with Crippen LogP contribution >= 0.6 is 0 Å². The summed E-state index contributed by atoms with van der Waals surface area (Å²) in [4.78, 5) is 19.1. The number of hydrogen-bond donors (Lipinski definition) is 0. The lowest BCUT2D eigenvalue weighted by Crippen LogP contribution is -2.35. The van der Waals surface area contributed by atoms with E-state index in [9.17, 15) is 4.79 Å². The van der Waals surface area contributed by atoms with Gasteiger partial charge in [0.15, 0.2) is 0 Å². The highest BCUT2D eigenvalue weighted by Crippen LogP contribution is 2.29. The lowest BCUT2D eigenvalue weighted by Gasteiger charge is -2.26. The van der Waals surface area contributed by atoms with Crippen molar-refractivity contribution in [2.45, 2.75) is 39.2 Å². The Morgan fingerprint density at radius 2 is 2.05 bits per heavy atom. The molecule has 1 aliphatic carbocycles. The third-order valence-corrected chi connectivity index (χ3v) is 4.35. The Bertz CT molecular complexity index is 633. The zero-order valence-electron chi connectivity index (χ0n) is 13.0. The van der Waals surface area contributed by atoms with Crippen molar-refractivity contribution in [3.8, 4) is 0 Å². The number of carbonyl (C=O) groups excluding carboxylic acids is 1. The van der Waals surface area contributed by atoms with Crippen LogP contribution in [-0.4, -0.2) is 10.9 Å². The van der Waals surface area contributed by atoms with Crippen LogP contribution in [-0.2, 0) is 11.3 Å². The number of benzene rings is 1. The van der Waals surface area contributed by atoms with Gasteiger partial charge in [0, 0.05) is 24.0 Å². The van der Waals surface area contributed by atoms with Gasteiger partial charge in [-0.2, -0.15) is 0 Å². The predicted molar refractivity (Wildman–Crippen MR) is 88.6 cm³/mol. The first-order chi connectivity index (χ1) is 10.7. The molecule has 0 atom stereocenters. The van der Waals surface area contributed by atoms with Gasteiger partial charge in [0.1, 0.15) is 0 Å². The summed E-state index contributed by atoms with van der Waals surface area (Å²) in [5.74, 6) is 0.434. The number of nitrogens with zero attached hydrogens (tertiary/aromatic N) is 2. The molecule has 0 radical (unpaired) electrons. The summed E-state index contributed by atoms with van der Waals surface area (Å²) in [5, 5.41) is 0. The van der Waals surface area contributed by atoms with E-state index in [4.69, 9.17) is 0 Å². The fourth-order valence-electron chi connectivity index (χ4n) is 3.16. The first kappa shape index (κ1) is 14.8. The van der Waals surface area contributed by atoms with Crippen LogP contribution in [0.3, 0.4) is 0 Å². The monoisotopic (exact) mass is 294 g/mol. The van der Waals surface area contributed by atoms with Gasteiger partial charge in [0.25, 0.3) is 0 Å². The molecular weight excluding hydrogens is 272 g/mol. The quantitative estimate of drug-likeness (QED) is 0.850. The molecule has 0 aliphatic heterocycles. The van der Waals surface area contributed by atoms with E-state index >= 15 is 0 Å². The zero-order valence-corrected chi connectivity index (χ0v) is 13.0. The molecule has 2 aromatic rings. The van der Waals surface area contributed by atoms with E-state index in [-0.39, 0.29) is 11.8 Å². The minimum Gasteiger partial charge on any atom is -0.308 e. The third kappa shape index (κ3) is 3.35. The van der Waals surface area contributed by atoms with Crippen LogP contribution in [0.4, 0.5) is 5.69 Å². The number of aromatic nitrogens is 1. The van der Waals surface area contributed by atoms with E-state index in [0.717, 1.165) is 24.1 Å². The van der Waals surface area contributed by atoms with Gasteiger partial charge in [-0.05, 0) is 49.1 Å². The predicted octanol–water partition coefficient (Wildman–Crippen LogP) is 4.11. The van der Waals surface area contributed by atoms with Crippen LogP contribution < -0.4 is 4.90 Å². The van der Waals surface area contributed by atoms with E-state index in [2.05, 4.69) is 24.0 Å². The lowest BCUT2D eigenvalue weighted by molar-refractivity contribution is -0.122. The lowest BCUT2D eigenvalue weighted by atomic mass is 10.0. The molecule has 1 amide bonds. The fourth-order valence-corrected chi connectivity index (χ4v) is 3.16. The first-order valence-electron chi connectivity index (χ1n) is 8.01. The maximum atomic E-state index is 13.0. The fraction of sp³-hybridized carbons (Fsp3) is 0.368. The minimum absolute atomic E-state index is 0.178. The number of rotatable bonds is 4. The number of carbonyl (C=O) groups is 1. The van der Waals surface area contributed by atoms with Crippen LogP contribution in [0.1, 0.15) is 36.8 Å². The van der Waals surface area contributed by atoms with Crippen molar-refractivity contribution in [3.63, 3.8) is 0 Å². The highest BCUT2D eigenvalue weighted by atomic mass is 16.2. The molecule has 1 heterocycles. The zero-order chi connectivity index (χ0) is 15.4. The van der Waals surface area contributed by atoms with Gasteiger partial charge in [-0.25, -0.2) is 0 Å². The topological polar surface area (TPSA) is 33.2 Å². The number of anilines is 1. The summed E-state index contributed by atoms with van der Waals surface area (Å²) < 4.78 is 0. The molecule has 0 bridgehead atoms. The summed E-state index contributed by atoms with van der Waals surface area (Å²) in [7, 11) is 0. The van der Waals surface area contributed by atoms with Crippen molar-refractivity contribution >= 4 is 11.6 Å². The van der Waals surface area contributed by atoms with Crippen molar-refractivity contribution in [1.29, 1.82) is 0 Å². The molecule has 0 saturated heterocycles. The van der Waals surface area contributed by atoms with Crippen molar-refractivity contribution in [3.05, 3.63) is 59.9 Å². The molecule has 0 N–H and O–H groups in total. The van der Waals surface area contributed by atoms with Gasteiger partial charge >= 0.3 is 0 Å². The van der Waals surface area contributed by atoms with Gasteiger partial charge in [-0.15, -0.1) is 0 Å². The Morgan fingerprint density at radius 3 is 2.73 bits per heavy atom. The first-order valence-corrected chi connectivity index (χ1v) is 8.01. The van der Waals surface area contributed by atoms with Crippen LogP contribution in [0.5, 0.6) is 0 Å². The van der Waals surface area contributed by atoms with E-state index < -0.39 is 0 Å². The van der Waals surface area contributed by atoms with Crippen molar-refractivity contribution in [2.75, 3.05) is 4.90 Å². The van der Waals surface area contributed by atoms with E-state index in [1.54, 1.807) is 6.20 Å². The van der Waals surface area contributed by atoms with E-state index in [0.29, 0.717) is 6.54 Å². The van der Waals surface area contributed by atoms with E-state index in [1.807, 2.05) is 35.4 Å².